The average molecular weight is 350 g/mol. The number of rotatable bonds is 1. The van der Waals surface area contributed by atoms with Gasteiger partial charge in [0.15, 0.2) is 0 Å². The second-order valence-electron chi connectivity index (χ2n) is 7.52. The zero-order valence-electron chi connectivity index (χ0n) is 14.4. The summed E-state index contributed by atoms with van der Waals surface area (Å²) in [6.45, 7) is 5.42. The molecule has 0 aromatic rings. The zero-order valence-corrected chi connectivity index (χ0v) is 14.4. The summed E-state index contributed by atoms with van der Waals surface area (Å²) in [5.74, 6) is 0.00904. The standard InChI is InChI=1S/C16H25F3N2O3/c1-14(2,3)24-13(23)20-10-6-15(7-11-20,16(17,18)19)21-8-4-12(22)5-9-21/h4-11H2,1-3H3. The summed E-state index contributed by atoms with van der Waals surface area (Å²) in [7, 11) is 0. The second-order valence-corrected chi connectivity index (χ2v) is 7.52. The van der Waals surface area contributed by atoms with Gasteiger partial charge in [0.1, 0.15) is 16.9 Å². The summed E-state index contributed by atoms with van der Waals surface area (Å²) < 4.78 is 46.7. The number of carbonyl (C=O) groups is 2. The van der Waals surface area contributed by atoms with Gasteiger partial charge in [0.25, 0.3) is 0 Å². The van der Waals surface area contributed by atoms with Crippen LogP contribution in [0.15, 0.2) is 0 Å². The van der Waals surface area contributed by atoms with Crippen molar-refractivity contribution in [1.82, 2.24) is 9.80 Å². The quantitative estimate of drug-likeness (QED) is 0.730. The minimum absolute atomic E-state index is 0.00112. The molecule has 1 amide bonds. The molecule has 24 heavy (non-hydrogen) atoms. The summed E-state index contributed by atoms with van der Waals surface area (Å²) in [6.07, 6.45) is -5.03. The van der Waals surface area contributed by atoms with Gasteiger partial charge < -0.3 is 9.64 Å². The third-order valence-electron chi connectivity index (χ3n) is 4.70. The molecule has 0 saturated carbocycles. The molecule has 0 aromatic heterocycles. The van der Waals surface area contributed by atoms with Crippen LogP contribution in [-0.4, -0.2) is 65.2 Å². The number of piperidine rings is 2. The van der Waals surface area contributed by atoms with Crippen LogP contribution in [0, 0.1) is 0 Å². The van der Waals surface area contributed by atoms with Crippen molar-refractivity contribution in [3.05, 3.63) is 0 Å². The fourth-order valence-corrected chi connectivity index (χ4v) is 3.35. The lowest BCUT2D eigenvalue weighted by atomic mass is 9.83. The number of hydrogen-bond acceptors (Lipinski definition) is 4. The molecule has 5 nitrogen and oxygen atoms in total. The van der Waals surface area contributed by atoms with Crippen LogP contribution in [0.3, 0.4) is 0 Å². The number of amides is 1. The van der Waals surface area contributed by atoms with Gasteiger partial charge in [0.05, 0.1) is 0 Å². The third kappa shape index (κ3) is 4.02. The van der Waals surface area contributed by atoms with Gasteiger partial charge in [0, 0.05) is 39.0 Å². The first-order valence-corrected chi connectivity index (χ1v) is 8.26. The summed E-state index contributed by atoms with van der Waals surface area (Å²) in [4.78, 5) is 26.1. The van der Waals surface area contributed by atoms with Crippen molar-refractivity contribution in [2.45, 2.75) is 63.8 Å². The highest BCUT2D eigenvalue weighted by Gasteiger charge is 2.59. The van der Waals surface area contributed by atoms with Gasteiger partial charge in [-0.15, -0.1) is 0 Å². The van der Waals surface area contributed by atoms with E-state index in [-0.39, 0.29) is 57.6 Å². The van der Waals surface area contributed by atoms with Crippen LogP contribution < -0.4 is 0 Å². The monoisotopic (exact) mass is 350 g/mol. The Balaban J connectivity index is 2.08. The Hall–Kier alpha value is -1.31. The number of hydrogen-bond donors (Lipinski definition) is 0. The molecule has 0 unspecified atom stereocenters. The number of carbonyl (C=O) groups excluding carboxylic acids is 2. The maximum Gasteiger partial charge on any atom is 0.410 e. The molecule has 8 heteroatoms. The minimum atomic E-state index is -4.40. The molecule has 0 spiro atoms. The van der Waals surface area contributed by atoms with E-state index in [0.29, 0.717) is 0 Å². The summed E-state index contributed by atoms with van der Waals surface area (Å²) >= 11 is 0. The number of alkyl halides is 3. The number of ketones is 1. The molecule has 0 atom stereocenters. The van der Waals surface area contributed by atoms with Gasteiger partial charge in [0.2, 0.25) is 0 Å². The van der Waals surface area contributed by atoms with E-state index < -0.39 is 23.4 Å². The molecule has 0 N–H and O–H groups in total. The lowest BCUT2D eigenvalue weighted by Gasteiger charge is -2.50. The molecule has 2 saturated heterocycles. The molecule has 0 radical (unpaired) electrons. The fourth-order valence-electron chi connectivity index (χ4n) is 3.35. The fraction of sp³-hybridized carbons (Fsp3) is 0.875. The van der Waals surface area contributed by atoms with Crippen molar-refractivity contribution in [2.75, 3.05) is 26.2 Å². The van der Waals surface area contributed by atoms with E-state index in [2.05, 4.69) is 0 Å². The molecule has 2 aliphatic rings. The average Bonchev–Trinajstić information content (AvgIpc) is 2.45. The van der Waals surface area contributed by atoms with Crippen LogP contribution in [0.4, 0.5) is 18.0 Å². The first-order valence-electron chi connectivity index (χ1n) is 8.26. The van der Waals surface area contributed by atoms with Crippen molar-refractivity contribution < 1.29 is 27.5 Å². The summed E-state index contributed by atoms with van der Waals surface area (Å²) in [6, 6.07) is 0. The van der Waals surface area contributed by atoms with Crippen LogP contribution in [0.2, 0.25) is 0 Å². The van der Waals surface area contributed by atoms with E-state index in [1.807, 2.05) is 0 Å². The number of halogens is 3. The molecule has 0 bridgehead atoms. The smallest absolute Gasteiger partial charge is 0.410 e. The Kier molecular flexibility index (Phi) is 5.18. The van der Waals surface area contributed by atoms with Gasteiger partial charge in [-0.05, 0) is 33.6 Å². The van der Waals surface area contributed by atoms with Crippen molar-refractivity contribution in [1.29, 1.82) is 0 Å². The molecule has 138 valence electrons. The van der Waals surface area contributed by atoms with E-state index >= 15 is 0 Å². The molecule has 2 rings (SSSR count). The third-order valence-corrected chi connectivity index (χ3v) is 4.70. The van der Waals surface area contributed by atoms with Gasteiger partial charge in [-0.1, -0.05) is 0 Å². The highest BCUT2D eigenvalue weighted by atomic mass is 19.4. The highest BCUT2D eigenvalue weighted by molar-refractivity contribution is 5.79. The Bertz CT molecular complexity index is 482. The minimum Gasteiger partial charge on any atom is -0.444 e. The number of ether oxygens (including phenoxy) is 1. The predicted octanol–water partition coefficient (Wildman–Crippen LogP) is 2.98. The van der Waals surface area contributed by atoms with Crippen molar-refractivity contribution >= 4 is 11.9 Å². The van der Waals surface area contributed by atoms with Crippen LogP contribution in [0.1, 0.15) is 46.5 Å². The van der Waals surface area contributed by atoms with Crippen molar-refractivity contribution in [3.63, 3.8) is 0 Å². The van der Waals surface area contributed by atoms with E-state index in [4.69, 9.17) is 4.74 Å². The van der Waals surface area contributed by atoms with Crippen LogP contribution >= 0.6 is 0 Å². The number of nitrogens with zero attached hydrogens (tertiary/aromatic N) is 2. The molecular formula is C16H25F3N2O3. The lowest BCUT2D eigenvalue weighted by Crippen LogP contribution is -2.65. The van der Waals surface area contributed by atoms with Crippen LogP contribution in [-0.2, 0) is 9.53 Å². The van der Waals surface area contributed by atoms with Gasteiger partial charge in [-0.3, -0.25) is 9.69 Å². The van der Waals surface area contributed by atoms with E-state index in [0.717, 1.165) is 0 Å². The van der Waals surface area contributed by atoms with E-state index in [1.54, 1.807) is 20.8 Å². The van der Waals surface area contributed by atoms with Gasteiger partial charge in [-0.2, -0.15) is 13.2 Å². The lowest BCUT2D eigenvalue weighted by molar-refractivity contribution is -0.246. The van der Waals surface area contributed by atoms with E-state index in [9.17, 15) is 22.8 Å². The van der Waals surface area contributed by atoms with E-state index in [1.165, 1.54) is 9.80 Å². The van der Waals surface area contributed by atoms with Crippen LogP contribution in [0.5, 0.6) is 0 Å². The molecule has 2 fully saturated rings. The number of Topliss-reactive ketones (excluding diaryl/α,β-unsaturated/α-hetero) is 1. The normalized spacial score (nSPS) is 23.2. The Morgan fingerprint density at radius 2 is 1.54 bits per heavy atom. The second kappa shape index (κ2) is 6.54. The summed E-state index contributed by atoms with van der Waals surface area (Å²) in [5, 5.41) is 0. The molecule has 0 aliphatic carbocycles. The Morgan fingerprint density at radius 1 is 1.04 bits per heavy atom. The largest absolute Gasteiger partial charge is 0.444 e. The molecular weight excluding hydrogens is 325 g/mol. The maximum absolute atomic E-state index is 13.8. The zero-order chi connectivity index (χ0) is 18.2. The molecule has 0 aromatic carbocycles. The highest BCUT2D eigenvalue weighted by Crippen LogP contribution is 2.44. The molecule has 2 heterocycles. The van der Waals surface area contributed by atoms with Crippen molar-refractivity contribution in [3.8, 4) is 0 Å². The topological polar surface area (TPSA) is 49.9 Å². The van der Waals surface area contributed by atoms with Crippen molar-refractivity contribution in [2.24, 2.45) is 0 Å². The van der Waals surface area contributed by atoms with Gasteiger partial charge in [-0.25, -0.2) is 4.79 Å². The maximum atomic E-state index is 13.8. The Morgan fingerprint density at radius 3 is 1.96 bits per heavy atom. The Labute approximate surface area is 140 Å². The number of likely N-dealkylation sites (tertiary alicyclic amines) is 2. The SMILES string of the molecule is CC(C)(C)OC(=O)N1CCC(N2CCC(=O)CC2)(C(F)(F)F)CC1. The predicted molar refractivity (Wildman–Crippen MR) is 81.6 cm³/mol. The first kappa shape index (κ1) is 19.0. The van der Waals surface area contributed by atoms with Gasteiger partial charge >= 0.3 is 12.3 Å². The first-order chi connectivity index (χ1) is 10.9. The molecule has 2 aliphatic heterocycles. The van der Waals surface area contributed by atoms with Crippen LogP contribution in [0.25, 0.3) is 0 Å². The summed E-state index contributed by atoms with van der Waals surface area (Å²) in [5.41, 5.74) is -2.63.